The molecular formula is C14H15NO. The summed E-state index contributed by atoms with van der Waals surface area (Å²) >= 11 is 0. The summed E-state index contributed by atoms with van der Waals surface area (Å²) in [5, 5.41) is 1.87. The van der Waals surface area contributed by atoms with Crippen molar-refractivity contribution in [2.45, 2.75) is 26.7 Å². The van der Waals surface area contributed by atoms with E-state index >= 15 is 0 Å². The fourth-order valence-corrected chi connectivity index (χ4v) is 2.75. The normalized spacial score (nSPS) is 17.6. The molecule has 2 heteroatoms. The van der Waals surface area contributed by atoms with Gasteiger partial charge in [0.25, 0.3) is 5.56 Å². The zero-order valence-corrected chi connectivity index (χ0v) is 9.63. The van der Waals surface area contributed by atoms with Gasteiger partial charge < -0.3 is 4.98 Å². The zero-order valence-electron chi connectivity index (χ0n) is 9.63. The van der Waals surface area contributed by atoms with Crippen LogP contribution in [0.15, 0.2) is 29.2 Å². The predicted molar refractivity (Wildman–Crippen MR) is 65.8 cm³/mol. The molecule has 3 rings (SSSR count). The number of fused-ring (bicyclic) bond motifs is 2. The van der Waals surface area contributed by atoms with Crippen LogP contribution in [0.4, 0.5) is 0 Å². The largest absolute Gasteiger partial charge is 0.329 e. The summed E-state index contributed by atoms with van der Waals surface area (Å²) in [5.41, 5.74) is 3.11. The number of aromatic nitrogens is 1. The van der Waals surface area contributed by atoms with Gasteiger partial charge in [-0.2, -0.15) is 0 Å². The quantitative estimate of drug-likeness (QED) is 0.717. The lowest BCUT2D eigenvalue weighted by molar-refractivity contribution is 0.392. The Hall–Kier alpha value is -1.57. The molecule has 0 amide bonds. The maximum Gasteiger partial charge on any atom is 0.255 e. The average Bonchev–Trinajstić information content (AvgIpc) is 2.48. The van der Waals surface area contributed by atoms with E-state index in [1.54, 1.807) is 6.20 Å². The van der Waals surface area contributed by atoms with E-state index in [0.29, 0.717) is 5.41 Å². The molecule has 2 aromatic rings. The molecule has 1 aliphatic carbocycles. The van der Waals surface area contributed by atoms with Gasteiger partial charge >= 0.3 is 0 Å². The number of hydrogen-bond acceptors (Lipinski definition) is 1. The van der Waals surface area contributed by atoms with E-state index in [1.165, 1.54) is 11.1 Å². The van der Waals surface area contributed by atoms with Crippen molar-refractivity contribution in [2.75, 3.05) is 0 Å². The van der Waals surface area contributed by atoms with E-state index in [1.807, 2.05) is 6.07 Å². The molecule has 0 fully saturated rings. The monoisotopic (exact) mass is 213 g/mol. The third kappa shape index (κ3) is 1.37. The highest BCUT2D eigenvalue weighted by molar-refractivity contribution is 5.83. The molecule has 1 heterocycles. The van der Waals surface area contributed by atoms with Gasteiger partial charge in [-0.1, -0.05) is 19.9 Å². The lowest BCUT2D eigenvalue weighted by Gasteiger charge is -2.14. The SMILES string of the molecule is CC1(C)Cc2cc3cc[nH]c(=O)c3cc2C1. The number of rotatable bonds is 0. The Kier molecular flexibility index (Phi) is 1.79. The van der Waals surface area contributed by atoms with Gasteiger partial charge in [-0.15, -0.1) is 0 Å². The second-order valence-corrected chi connectivity index (χ2v) is 5.53. The van der Waals surface area contributed by atoms with E-state index in [0.717, 1.165) is 23.6 Å². The van der Waals surface area contributed by atoms with Crippen LogP contribution in [0.1, 0.15) is 25.0 Å². The van der Waals surface area contributed by atoms with E-state index in [-0.39, 0.29) is 5.56 Å². The van der Waals surface area contributed by atoms with E-state index < -0.39 is 0 Å². The molecule has 0 aliphatic heterocycles. The first-order valence-electron chi connectivity index (χ1n) is 5.68. The van der Waals surface area contributed by atoms with Gasteiger partial charge in [0, 0.05) is 11.6 Å². The summed E-state index contributed by atoms with van der Waals surface area (Å²) in [4.78, 5) is 14.4. The molecule has 0 saturated carbocycles. The van der Waals surface area contributed by atoms with E-state index in [9.17, 15) is 4.79 Å². The molecule has 1 aromatic carbocycles. The molecule has 82 valence electrons. The average molecular weight is 213 g/mol. The number of benzene rings is 1. The van der Waals surface area contributed by atoms with E-state index in [4.69, 9.17) is 0 Å². The Balaban J connectivity index is 2.30. The van der Waals surface area contributed by atoms with Crippen LogP contribution in [0.3, 0.4) is 0 Å². The minimum atomic E-state index is 0.0185. The number of H-pyrrole nitrogens is 1. The Labute approximate surface area is 94.3 Å². The zero-order chi connectivity index (χ0) is 11.3. The van der Waals surface area contributed by atoms with Gasteiger partial charge in [-0.05, 0) is 46.9 Å². The fourth-order valence-electron chi connectivity index (χ4n) is 2.75. The molecule has 0 bridgehead atoms. The minimum Gasteiger partial charge on any atom is -0.329 e. The number of aromatic amines is 1. The van der Waals surface area contributed by atoms with Crippen molar-refractivity contribution in [3.05, 3.63) is 45.9 Å². The van der Waals surface area contributed by atoms with Crippen molar-refractivity contribution < 1.29 is 0 Å². The van der Waals surface area contributed by atoms with Gasteiger partial charge in [-0.25, -0.2) is 0 Å². The summed E-state index contributed by atoms with van der Waals surface area (Å²) in [6.07, 6.45) is 3.91. The molecule has 1 aromatic heterocycles. The summed E-state index contributed by atoms with van der Waals surface area (Å²) in [5.74, 6) is 0. The molecule has 1 N–H and O–H groups in total. The van der Waals surface area contributed by atoms with Crippen LogP contribution in [0.2, 0.25) is 0 Å². The molecule has 2 nitrogen and oxygen atoms in total. The molecule has 0 unspecified atom stereocenters. The Bertz CT molecular complexity index is 622. The lowest BCUT2D eigenvalue weighted by atomic mass is 9.90. The molecular weight excluding hydrogens is 198 g/mol. The third-order valence-corrected chi connectivity index (χ3v) is 3.43. The van der Waals surface area contributed by atoms with Gasteiger partial charge in [0.05, 0.1) is 0 Å². The van der Waals surface area contributed by atoms with Crippen LogP contribution in [0.5, 0.6) is 0 Å². The van der Waals surface area contributed by atoms with Crippen molar-refractivity contribution in [1.82, 2.24) is 4.98 Å². The number of pyridine rings is 1. The Morgan fingerprint density at radius 1 is 1.19 bits per heavy atom. The smallest absolute Gasteiger partial charge is 0.255 e. The predicted octanol–water partition coefficient (Wildman–Crippen LogP) is 2.65. The van der Waals surface area contributed by atoms with Crippen molar-refractivity contribution in [1.29, 1.82) is 0 Å². The molecule has 0 spiro atoms. The first kappa shape index (κ1) is 9.64. The second-order valence-electron chi connectivity index (χ2n) is 5.53. The van der Waals surface area contributed by atoms with Crippen molar-refractivity contribution in [3.8, 4) is 0 Å². The molecule has 0 saturated heterocycles. The molecule has 0 atom stereocenters. The topological polar surface area (TPSA) is 32.9 Å². The van der Waals surface area contributed by atoms with Crippen LogP contribution < -0.4 is 5.56 Å². The lowest BCUT2D eigenvalue weighted by Crippen LogP contribution is -2.09. The standard InChI is InChI=1S/C14H15NO/c1-14(2)7-10-5-9-3-4-15-13(16)12(9)6-11(10)8-14/h3-6H,7-8H2,1-2H3,(H,15,16). The van der Waals surface area contributed by atoms with Crippen LogP contribution in [0, 0.1) is 5.41 Å². The van der Waals surface area contributed by atoms with Gasteiger partial charge in [0.2, 0.25) is 0 Å². The Morgan fingerprint density at radius 2 is 1.88 bits per heavy atom. The summed E-state index contributed by atoms with van der Waals surface area (Å²) < 4.78 is 0. The second kappa shape index (κ2) is 2.97. The van der Waals surface area contributed by atoms with Crippen LogP contribution >= 0.6 is 0 Å². The Morgan fingerprint density at radius 3 is 2.62 bits per heavy atom. The van der Waals surface area contributed by atoms with Gasteiger partial charge in [0.1, 0.15) is 0 Å². The maximum atomic E-state index is 11.7. The summed E-state index contributed by atoms with van der Waals surface area (Å²) in [6, 6.07) is 6.22. The van der Waals surface area contributed by atoms with Gasteiger partial charge in [0.15, 0.2) is 0 Å². The number of hydrogen-bond donors (Lipinski definition) is 1. The summed E-state index contributed by atoms with van der Waals surface area (Å²) in [6.45, 7) is 4.56. The third-order valence-electron chi connectivity index (χ3n) is 3.43. The first-order chi connectivity index (χ1) is 7.55. The molecule has 0 radical (unpaired) electrons. The fraction of sp³-hybridized carbons (Fsp3) is 0.357. The van der Waals surface area contributed by atoms with Crippen LogP contribution in [-0.2, 0) is 12.8 Å². The highest BCUT2D eigenvalue weighted by Gasteiger charge is 2.28. The highest BCUT2D eigenvalue weighted by atomic mass is 16.1. The van der Waals surface area contributed by atoms with Gasteiger partial charge in [-0.3, -0.25) is 4.79 Å². The van der Waals surface area contributed by atoms with Crippen molar-refractivity contribution in [2.24, 2.45) is 5.41 Å². The maximum absolute atomic E-state index is 11.7. The van der Waals surface area contributed by atoms with Crippen molar-refractivity contribution >= 4 is 10.8 Å². The minimum absolute atomic E-state index is 0.0185. The number of nitrogens with one attached hydrogen (secondary N) is 1. The van der Waals surface area contributed by atoms with Crippen LogP contribution in [-0.4, -0.2) is 4.98 Å². The van der Waals surface area contributed by atoms with E-state index in [2.05, 4.69) is 31.0 Å². The van der Waals surface area contributed by atoms with Crippen molar-refractivity contribution in [3.63, 3.8) is 0 Å². The summed E-state index contributed by atoms with van der Waals surface area (Å²) in [7, 11) is 0. The highest BCUT2D eigenvalue weighted by Crippen LogP contribution is 2.37. The molecule has 1 aliphatic rings. The van der Waals surface area contributed by atoms with Crippen LogP contribution in [0.25, 0.3) is 10.8 Å². The molecule has 16 heavy (non-hydrogen) atoms. The first-order valence-corrected chi connectivity index (χ1v) is 5.68.